The van der Waals surface area contributed by atoms with E-state index < -0.39 is 0 Å². The molecule has 0 radical (unpaired) electrons. The maximum Gasteiger partial charge on any atom is 0.244 e. The average Bonchev–Trinajstić information content (AvgIpc) is 2.72. The number of halogens is 1. The number of carbonyl (C=O) groups is 1. The van der Waals surface area contributed by atoms with Gasteiger partial charge >= 0.3 is 0 Å². The zero-order valence-electron chi connectivity index (χ0n) is 9.82. The van der Waals surface area contributed by atoms with Gasteiger partial charge < -0.3 is 4.90 Å². The molecule has 0 aromatic heterocycles. The maximum atomic E-state index is 12.3. The van der Waals surface area contributed by atoms with Crippen LogP contribution in [0.4, 0.5) is 5.69 Å². The summed E-state index contributed by atoms with van der Waals surface area (Å²) < 4.78 is 1.08. The van der Waals surface area contributed by atoms with Crippen LogP contribution >= 0.6 is 15.9 Å². The monoisotopic (exact) mass is 294 g/mol. The molecule has 2 heterocycles. The minimum absolute atomic E-state index is 0.0891. The highest BCUT2D eigenvalue weighted by atomic mass is 79.9. The lowest BCUT2D eigenvalue weighted by Gasteiger charge is -2.22. The lowest BCUT2D eigenvalue weighted by atomic mass is 10.1. The van der Waals surface area contributed by atoms with Crippen molar-refractivity contribution in [3.05, 3.63) is 28.2 Å². The Kier molecular flexibility index (Phi) is 2.71. The van der Waals surface area contributed by atoms with Crippen molar-refractivity contribution < 1.29 is 4.79 Å². The number of rotatable bonds is 0. The molecule has 3 rings (SSSR count). The third-order valence-corrected chi connectivity index (χ3v) is 4.25. The summed E-state index contributed by atoms with van der Waals surface area (Å²) in [5.74, 6) is 0.239. The number of benzene rings is 1. The minimum Gasteiger partial charge on any atom is -0.314 e. The molecule has 0 N–H and O–H groups in total. The highest BCUT2D eigenvalue weighted by molar-refractivity contribution is 9.10. The number of carbonyl (C=O) groups excluding carboxylic acids is 1. The summed E-state index contributed by atoms with van der Waals surface area (Å²) in [7, 11) is 1.89. The fourth-order valence-corrected chi connectivity index (χ4v) is 3.27. The van der Waals surface area contributed by atoms with Gasteiger partial charge in [-0.3, -0.25) is 9.69 Å². The van der Waals surface area contributed by atoms with E-state index in [9.17, 15) is 4.79 Å². The van der Waals surface area contributed by atoms with Gasteiger partial charge in [0.05, 0.1) is 6.04 Å². The van der Waals surface area contributed by atoms with Crippen molar-refractivity contribution >= 4 is 27.5 Å². The summed E-state index contributed by atoms with van der Waals surface area (Å²) in [6.45, 7) is 1.92. The Morgan fingerprint density at radius 3 is 3.06 bits per heavy atom. The van der Waals surface area contributed by atoms with Gasteiger partial charge in [-0.25, -0.2) is 0 Å². The first kappa shape index (κ1) is 11.2. The molecule has 4 heteroatoms. The van der Waals surface area contributed by atoms with Crippen LogP contribution in [0.5, 0.6) is 0 Å². The molecule has 2 aliphatic rings. The lowest BCUT2D eigenvalue weighted by Crippen LogP contribution is -2.41. The predicted octanol–water partition coefficient (Wildman–Crippen LogP) is 2.39. The molecule has 0 aliphatic carbocycles. The molecule has 1 saturated heterocycles. The van der Waals surface area contributed by atoms with E-state index in [0.717, 1.165) is 36.1 Å². The molecule has 17 heavy (non-hydrogen) atoms. The van der Waals surface area contributed by atoms with Crippen molar-refractivity contribution in [2.45, 2.75) is 25.4 Å². The Morgan fingerprint density at radius 2 is 2.24 bits per heavy atom. The molecule has 1 fully saturated rings. The molecule has 90 valence electrons. The van der Waals surface area contributed by atoms with Gasteiger partial charge in [0, 0.05) is 23.8 Å². The smallest absolute Gasteiger partial charge is 0.244 e. The van der Waals surface area contributed by atoms with Gasteiger partial charge in [0.2, 0.25) is 5.91 Å². The van der Waals surface area contributed by atoms with E-state index in [-0.39, 0.29) is 11.9 Å². The summed E-state index contributed by atoms with van der Waals surface area (Å²) in [6, 6.07) is 6.24. The summed E-state index contributed by atoms with van der Waals surface area (Å²) in [4.78, 5) is 16.5. The maximum absolute atomic E-state index is 12.3. The van der Waals surface area contributed by atoms with Crippen LogP contribution in [0.25, 0.3) is 0 Å². The van der Waals surface area contributed by atoms with Gasteiger partial charge in [-0.15, -0.1) is 0 Å². The fourth-order valence-electron chi connectivity index (χ4n) is 2.86. The molecule has 0 saturated carbocycles. The van der Waals surface area contributed by atoms with Crippen LogP contribution in [-0.2, 0) is 11.3 Å². The zero-order valence-corrected chi connectivity index (χ0v) is 11.4. The summed E-state index contributed by atoms with van der Waals surface area (Å²) in [5.41, 5.74) is 2.28. The predicted molar refractivity (Wildman–Crippen MR) is 71.0 cm³/mol. The summed E-state index contributed by atoms with van der Waals surface area (Å²) in [6.07, 6.45) is 2.13. The first-order valence-corrected chi connectivity index (χ1v) is 6.76. The third kappa shape index (κ3) is 1.79. The SMILES string of the molecule is CN1C(=O)C2CCCN2Cc2cc(Br)ccc21. The standard InChI is InChI=1S/C13H15BrN2O/c1-15-11-5-4-10(14)7-9(11)8-16-6-2-3-12(16)13(15)17/h4-5,7,12H,2-3,6,8H2,1H3. The highest BCUT2D eigenvalue weighted by Gasteiger charge is 2.36. The largest absolute Gasteiger partial charge is 0.314 e. The number of nitrogens with zero attached hydrogens (tertiary/aromatic N) is 2. The Morgan fingerprint density at radius 1 is 1.41 bits per heavy atom. The fraction of sp³-hybridized carbons (Fsp3) is 0.462. The van der Waals surface area contributed by atoms with E-state index in [1.807, 2.05) is 24.1 Å². The highest BCUT2D eigenvalue weighted by Crippen LogP contribution is 2.32. The number of likely N-dealkylation sites (N-methyl/N-ethyl adjacent to an activating group) is 1. The number of anilines is 1. The molecule has 1 atom stereocenters. The van der Waals surface area contributed by atoms with Crippen LogP contribution in [-0.4, -0.2) is 30.4 Å². The first-order chi connectivity index (χ1) is 8.16. The number of hydrogen-bond acceptors (Lipinski definition) is 2. The second kappa shape index (κ2) is 4.10. The molecule has 2 aliphatic heterocycles. The third-order valence-electron chi connectivity index (χ3n) is 3.76. The van der Waals surface area contributed by atoms with E-state index in [0.29, 0.717) is 0 Å². The van der Waals surface area contributed by atoms with Crippen LogP contribution in [0.3, 0.4) is 0 Å². The Balaban J connectivity index is 2.08. The molecule has 0 spiro atoms. The van der Waals surface area contributed by atoms with Gasteiger partial charge in [-0.05, 0) is 43.1 Å². The molecule has 1 amide bonds. The number of fused-ring (bicyclic) bond motifs is 2. The van der Waals surface area contributed by atoms with Crippen LogP contribution in [0.15, 0.2) is 22.7 Å². The number of amides is 1. The van der Waals surface area contributed by atoms with Crippen molar-refractivity contribution in [3.8, 4) is 0 Å². The molecular formula is C13H15BrN2O. The Labute approximate surface area is 110 Å². The van der Waals surface area contributed by atoms with Gasteiger partial charge in [-0.1, -0.05) is 15.9 Å². The van der Waals surface area contributed by atoms with Crippen molar-refractivity contribution in [1.29, 1.82) is 0 Å². The molecule has 1 aromatic carbocycles. The first-order valence-electron chi connectivity index (χ1n) is 5.97. The summed E-state index contributed by atoms with van der Waals surface area (Å²) >= 11 is 3.50. The van der Waals surface area contributed by atoms with E-state index in [4.69, 9.17) is 0 Å². The van der Waals surface area contributed by atoms with Gasteiger partial charge in [0.25, 0.3) is 0 Å². The van der Waals surface area contributed by atoms with Crippen LogP contribution in [0, 0.1) is 0 Å². The Bertz CT molecular complexity index is 474. The molecule has 0 bridgehead atoms. The average molecular weight is 295 g/mol. The topological polar surface area (TPSA) is 23.6 Å². The molecule has 1 unspecified atom stereocenters. The van der Waals surface area contributed by atoms with Crippen LogP contribution in [0.2, 0.25) is 0 Å². The minimum atomic E-state index is 0.0891. The number of hydrogen-bond donors (Lipinski definition) is 0. The van der Waals surface area contributed by atoms with E-state index in [2.05, 4.69) is 26.9 Å². The van der Waals surface area contributed by atoms with E-state index in [1.54, 1.807) is 0 Å². The van der Waals surface area contributed by atoms with Crippen molar-refractivity contribution in [2.75, 3.05) is 18.5 Å². The van der Waals surface area contributed by atoms with Crippen molar-refractivity contribution in [3.63, 3.8) is 0 Å². The van der Waals surface area contributed by atoms with Gasteiger partial charge in [0.1, 0.15) is 0 Å². The van der Waals surface area contributed by atoms with Crippen molar-refractivity contribution in [1.82, 2.24) is 4.90 Å². The second-order valence-electron chi connectivity index (χ2n) is 4.80. The van der Waals surface area contributed by atoms with Crippen molar-refractivity contribution in [2.24, 2.45) is 0 Å². The quantitative estimate of drug-likeness (QED) is 0.734. The molecule has 3 nitrogen and oxygen atoms in total. The van der Waals surface area contributed by atoms with Gasteiger partial charge in [-0.2, -0.15) is 0 Å². The zero-order chi connectivity index (χ0) is 12.0. The Hall–Kier alpha value is -0.870. The van der Waals surface area contributed by atoms with E-state index in [1.165, 1.54) is 5.56 Å². The second-order valence-corrected chi connectivity index (χ2v) is 5.71. The van der Waals surface area contributed by atoms with E-state index >= 15 is 0 Å². The van der Waals surface area contributed by atoms with Gasteiger partial charge in [0.15, 0.2) is 0 Å². The van der Waals surface area contributed by atoms with Crippen LogP contribution < -0.4 is 4.90 Å². The molecular weight excluding hydrogens is 280 g/mol. The molecule has 1 aromatic rings. The summed E-state index contributed by atoms with van der Waals surface area (Å²) in [5, 5.41) is 0. The lowest BCUT2D eigenvalue weighted by molar-refractivity contribution is -0.122. The normalized spacial score (nSPS) is 24.5. The van der Waals surface area contributed by atoms with Crippen LogP contribution in [0.1, 0.15) is 18.4 Å².